The van der Waals surface area contributed by atoms with Crippen molar-refractivity contribution in [3.05, 3.63) is 83.9 Å². The van der Waals surface area contributed by atoms with Crippen molar-refractivity contribution in [3.63, 3.8) is 0 Å². The van der Waals surface area contributed by atoms with Crippen molar-refractivity contribution in [1.82, 2.24) is 0 Å². The minimum atomic E-state index is 0. The standard InChI is InChI=1S/2C12H15NS2.Ni/c2*1-3-13-12(15-2)9-11(14)10-7-5-4-6-8-10;/h2*4-9,14H,3H2,1-2H3;/q;;+2/p-2/b2*11-9-,13-12?;. The van der Waals surface area contributed by atoms with Gasteiger partial charge in [-0.05, 0) is 49.6 Å². The Bertz CT molecular complexity index is 790. The Hall–Kier alpha value is -1.11. The Balaban J connectivity index is 0.000000562. The molecule has 168 valence electrons. The van der Waals surface area contributed by atoms with E-state index in [1.807, 2.05) is 99.2 Å². The van der Waals surface area contributed by atoms with Gasteiger partial charge in [0.05, 0.1) is 10.1 Å². The van der Waals surface area contributed by atoms with E-state index in [4.69, 9.17) is 25.3 Å². The van der Waals surface area contributed by atoms with Crippen LogP contribution >= 0.6 is 23.5 Å². The topological polar surface area (TPSA) is 24.7 Å². The van der Waals surface area contributed by atoms with E-state index in [0.717, 1.165) is 44.1 Å². The Morgan fingerprint density at radius 1 is 0.710 bits per heavy atom. The number of nitrogens with zero attached hydrogens (tertiary/aromatic N) is 2. The summed E-state index contributed by atoms with van der Waals surface area (Å²) in [6, 6.07) is 20.0. The van der Waals surface area contributed by atoms with E-state index in [1.165, 1.54) is 0 Å². The van der Waals surface area contributed by atoms with Gasteiger partial charge >= 0.3 is 16.5 Å². The Morgan fingerprint density at radius 2 is 1.03 bits per heavy atom. The molecule has 31 heavy (non-hydrogen) atoms. The van der Waals surface area contributed by atoms with Crippen LogP contribution in [0.25, 0.3) is 9.81 Å². The average Bonchev–Trinajstić information content (AvgIpc) is 2.79. The second-order valence-corrected chi connectivity index (χ2v) is 8.32. The van der Waals surface area contributed by atoms with E-state index >= 15 is 0 Å². The normalized spacial score (nSPS) is 12.5. The molecule has 2 rings (SSSR count). The molecular formula is C24H28N2NiS4. The van der Waals surface area contributed by atoms with Crippen LogP contribution in [-0.4, -0.2) is 35.7 Å². The Morgan fingerprint density at radius 3 is 1.29 bits per heavy atom. The van der Waals surface area contributed by atoms with Gasteiger partial charge < -0.3 is 25.3 Å². The molecule has 0 aromatic heterocycles. The van der Waals surface area contributed by atoms with Gasteiger partial charge in [0.15, 0.2) is 0 Å². The molecule has 2 aromatic carbocycles. The fourth-order valence-corrected chi connectivity index (χ4v) is 3.88. The molecule has 0 spiro atoms. The van der Waals surface area contributed by atoms with E-state index in [2.05, 4.69) is 9.98 Å². The maximum absolute atomic E-state index is 5.33. The van der Waals surface area contributed by atoms with Crippen molar-refractivity contribution in [1.29, 1.82) is 0 Å². The third-order valence-electron chi connectivity index (χ3n) is 3.67. The molecule has 0 atom stereocenters. The van der Waals surface area contributed by atoms with Crippen molar-refractivity contribution >= 4 is 68.7 Å². The number of rotatable bonds is 6. The molecule has 2 nitrogen and oxygen atoms in total. The van der Waals surface area contributed by atoms with Gasteiger partial charge in [0, 0.05) is 13.1 Å². The summed E-state index contributed by atoms with van der Waals surface area (Å²) in [6.07, 6.45) is 7.94. The largest absolute Gasteiger partial charge is 2.00 e. The fourth-order valence-electron chi connectivity index (χ4n) is 2.25. The minimum absolute atomic E-state index is 0. The zero-order valence-electron chi connectivity index (χ0n) is 18.2. The molecule has 0 N–H and O–H groups in total. The van der Waals surface area contributed by atoms with E-state index in [-0.39, 0.29) is 16.5 Å². The van der Waals surface area contributed by atoms with Gasteiger partial charge in [-0.25, -0.2) is 0 Å². The van der Waals surface area contributed by atoms with Crippen LogP contribution in [0.3, 0.4) is 0 Å². The van der Waals surface area contributed by atoms with Crippen LogP contribution in [0, 0.1) is 0 Å². The van der Waals surface area contributed by atoms with Crippen LogP contribution in [0.5, 0.6) is 0 Å². The summed E-state index contributed by atoms with van der Waals surface area (Å²) in [4.78, 5) is 10.4. The first-order valence-electron chi connectivity index (χ1n) is 9.60. The van der Waals surface area contributed by atoms with Crippen LogP contribution in [0.15, 0.2) is 82.8 Å². The summed E-state index contributed by atoms with van der Waals surface area (Å²) in [7, 11) is 0. The summed E-state index contributed by atoms with van der Waals surface area (Å²) in [5.41, 5.74) is 2.15. The van der Waals surface area contributed by atoms with Crippen molar-refractivity contribution in [2.75, 3.05) is 25.6 Å². The summed E-state index contributed by atoms with van der Waals surface area (Å²) >= 11 is 13.9. The number of thioether (sulfide) groups is 2. The molecule has 0 unspecified atom stereocenters. The summed E-state index contributed by atoms with van der Waals surface area (Å²) < 4.78 is 0. The molecule has 0 aliphatic carbocycles. The monoisotopic (exact) mass is 530 g/mol. The molecular weight excluding hydrogens is 503 g/mol. The zero-order valence-corrected chi connectivity index (χ0v) is 22.4. The van der Waals surface area contributed by atoms with Crippen LogP contribution in [0.1, 0.15) is 25.0 Å². The fraction of sp³-hybridized carbons (Fsp3) is 0.250. The van der Waals surface area contributed by atoms with Gasteiger partial charge in [0.25, 0.3) is 0 Å². The number of benzene rings is 2. The first-order chi connectivity index (χ1) is 14.5. The third-order valence-corrected chi connectivity index (χ3v) is 5.71. The van der Waals surface area contributed by atoms with Gasteiger partial charge in [-0.3, -0.25) is 9.98 Å². The predicted octanol–water partition coefficient (Wildman–Crippen LogP) is 6.71. The maximum atomic E-state index is 5.33. The average molecular weight is 531 g/mol. The van der Waals surface area contributed by atoms with Crippen LogP contribution < -0.4 is 0 Å². The minimum Gasteiger partial charge on any atom is -0.779 e. The van der Waals surface area contributed by atoms with Crippen LogP contribution in [0.2, 0.25) is 0 Å². The molecule has 0 amide bonds. The van der Waals surface area contributed by atoms with E-state index in [9.17, 15) is 0 Å². The van der Waals surface area contributed by atoms with Gasteiger partial charge in [0.1, 0.15) is 0 Å². The first kappa shape index (κ1) is 29.9. The van der Waals surface area contributed by atoms with E-state index in [0.29, 0.717) is 0 Å². The second-order valence-electron chi connectivity index (χ2n) is 5.78. The maximum Gasteiger partial charge on any atom is 2.00 e. The summed E-state index contributed by atoms with van der Waals surface area (Å²) in [6.45, 7) is 5.64. The molecule has 0 heterocycles. The SMILES string of the molecule is CCN=C(/C=C(\[S-])c1ccccc1)SC.CCN=C(/C=C(\[S-])c1ccccc1)SC.[Ni+2]. The van der Waals surface area contributed by atoms with Crippen molar-refractivity contribution in [3.8, 4) is 0 Å². The molecule has 0 saturated carbocycles. The van der Waals surface area contributed by atoms with Crippen LogP contribution in [-0.2, 0) is 41.7 Å². The Labute approximate surface area is 217 Å². The van der Waals surface area contributed by atoms with Crippen molar-refractivity contribution in [2.45, 2.75) is 13.8 Å². The van der Waals surface area contributed by atoms with E-state index in [1.54, 1.807) is 23.5 Å². The molecule has 7 heteroatoms. The number of hydrogen-bond donors (Lipinski definition) is 0. The van der Waals surface area contributed by atoms with Crippen molar-refractivity contribution in [2.24, 2.45) is 9.98 Å². The molecule has 0 fully saturated rings. The molecule has 0 saturated heterocycles. The first-order valence-corrected chi connectivity index (χ1v) is 12.9. The smallest absolute Gasteiger partial charge is 0.779 e. The van der Waals surface area contributed by atoms with Crippen molar-refractivity contribution < 1.29 is 16.5 Å². The molecule has 2 aromatic rings. The number of hydrogen-bond acceptors (Lipinski definition) is 6. The Kier molecular flexibility index (Phi) is 17.8. The second kappa shape index (κ2) is 18.5. The van der Waals surface area contributed by atoms with Gasteiger partial charge in [0.2, 0.25) is 0 Å². The predicted molar refractivity (Wildman–Crippen MR) is 147 cm³/mol. The van der Waals surface area contributed by atoms with Gasteiger partial charge in [-0.2, -0.15) is 9.81 Å². The molecule has 0 aliphatic rings. The van der Waals surface area contributed by atoms with Crippen LogP contribution in [0.4, 0.5) is 0 Å². The number of aliphatic imine (C=N–C) groups is 2. The third kappa shape index (κ3) is 12.5. The molecule has 0 bridgehead atoms. The van der Waals surface area contributed by atoms with E-state index < -0.39 is 0 Å². The van der Waals surface area contributed by atoms with Gasteiger partial charge in [-0.1, -0.05) is 60.7 Å². The summed E-state index contributed by atoms with van der Waals surface area (Å²) in [5.74, 6) is 0. The molecule has 0 radical (unpaired) electrons. The zero-order chi connectivity index (χ0) is 22.2. The summed E-state index contributed by atoms with van der Waals surface area (Å²) in [5, 5.41) is 1.98. The quantitative estimate of drug-likeness (QED) is 0.179. The van der Waals surface area contributed by atoms with Gasteiger partial charge in [-0.15, -0.1) is 23.5 Å². The molecule has 0 aliphatic heterocycles.